The number of anilines is 1. The van der Waals surface area contributed by atoms with Crippen LogP contribution < -0.4 is 4.90 Å². The first-order chi connectivity index (χ1) is 8.70. The van der Waals surface area contributed by atoms with E-state index in [1.165, 1.54) is 0 Å². The SMILES string of the molecule is CN(CCOCCO)c1cc(Cl)nc(C2CC2)n1. The average molecular weight is 272 g/mol. The predicted molar refractivity (Wildman–Crippen MR) is 70.2 cm³/mol. The fourth-order valence-corrected chi connectivity index (χ4v) is 1.81. The van der Waals surface area contributed by atoms with Crippen molar-refractivity contribution in [1.82, 2.24) is 9.97 Å². The first kappa shape index (κ1) is 13.5. The van der Waals surface area contributed by atoms with Gasteiger partial charge in [0.05, 0.1) is 19.8 Å². The molecule has 0 atom stereocenters. The van der Waals surface area contributed by atoms with Crippen LogP contribution >= 0.6 is 11.6 Å². The summed E-state index contributed by atoms with van der Waals surface area (Å²) in [6.07, 6.45) is 2.31. The summed E-state index contributed by atoms with van der Waals surface area (Å²) in [5, 5.41) is 9.10. The molecule has 0 amide bonds. The van der Waals surface area contributed by atoms with Gasteiger partial charge >= 0.3 is 0 Å². The minimum Gasteiger partial charge on any atom is -0.394 e. The number of likely N-dealkylation sites (N-methyl/N-ethyl adjacent to an activating group) is 1. The third kappa shape index (κ3) is 3.80. The van der Waals surface area contributed by atoms with Crippen molar-refractivity contribution in [2.75, 3.05) is 38.3 Å². The van der Waals surface area contributed by atoms with Crippen molar-refractivity contribution < 1.29 is 9.84 Å². The van der Waals surface area contributed by atoms with Gasteiger partial charge in [0.15, 0.2) is 0 Å². The molecule has 0 spiro atoms. The molecular weight excluding hydrogens is 254 g/mol. The largest absolute Gasteiger partial charge is 0.394 e. The molecule has 1 saturated carbocycles. The number of hydrogen-bond acceptors (Lipinski definition) is 5. The zero-order valence-corrected chi connectivity index (χ0v) is 11.2. The summed E-state index contributed by atoms with van der Waals surface area (Å²) in [7, 11) is 1.94. The van der Waals surface area contributed by atoms with Crippen LogP contribution in [0.15, 0.2) is 6.07 Å². The van der Waals surface area contributed by atoms with Gasteiger partial charge in [-0.25, -0.2) is 9.97 Å². The van der Waals surface area contributed by atoms with Gasteiger partial charge in [0.2, 0.25) is 0 Å². The number of aliphatic hydroxyl groups is 1. The molecule has 0 aromatic carbocycles. The van der Waals surface area contributed by atoms with Crippen LogP contribution in [0.5, 0.6) is 0 Å². The van der Waals surface area contributed by atoms with Crippen molar-refractivity contribution in [2.24, 2.45) is 0 Å². The van der Waals surface area contributed by atoms with Crippen molar-refractivity contribution in [3.05, 3.63) is 17.0 Å². The maximum Gasteiger partial charge on any atom is 0.135 e. The molecule has 0 saturated heterocycles. The summed E-state index contributed by atoms with van der Waals surface area (Å²) in [4.78, 5) is 10.8. The molecule has 1 heterocycles. The third-order valence-corrected chi connectivity index (χ3v) is 3.03. The number of rotatable bonds is 7. The van der Waals surface area contributed by atoms with Gasteiger partial charge in [-0.3, -0.25) is 0 Å². The molecule has 1 aliphatic rings. The Kier molecular flexibility index (Phi) is 4.74. The lowest BCUT2D eigenvalue weighted by molar-refractivity contribution is 0.0970. The van der Waals surface area contributed by atoms with Crippen molar-refractivity contribution in [1.29, 1.82) is 0 Å². The van der Waals surface area contributed by atoms with Crippen LogP contribution in [0, 0.1) is 0 Å². The maximum absolute atomic E-state index is 8.61. The fourth-order valence-electron chi connectivity index (χ4n) is 1.63. The Labute approximate surface area is 112 Å². The standard InChI is InChI=1S/C12H18ClN3O2/c1-16(4-6-18-7-5-17)11-8-10(13)14-12(15-11)9-2-3-9/h8-9,17H,2-7H2,1H3. The van der Waals surface area contributed by atoms with Crippen LogP contribution in [-0.2, 0) is 4.74 Å². The molecule has 0 bridgehead atoms. The van der Waals surface area contributed by atoms with Gasteiger partial charge < -0.3 is 14.7 Å². The Morgan fingerprint density at radius 1 is 1.44 bits per heavy atom. The van der Waals surface area contributed by atoms with Gasteiger partial charge in [-0.1, -0.05) is 11.6 Å². The van der Waals surface area contributed by atoms with Gasteiger partial charge in [-0.2, -0.15) is 0 Å². The molecule has 5 nitrogen and oxygen atoms in total. The predicted octanol–water partition coefficient (Wildman–Crippen LogP) is 1.45. The molecule has 1 aliphatic carbocycles. The van der Waals surface area contributed by atoms with Crippen LogP contribution in [0.2, 0.25) is 5.15 Å². The highest BCUT2D eigenvalue weighted by molar-refractivity contribution is 6.29. The van der Waals surface area contributed by atoms with Crippen molar-refractivity contribution in [3.8, 4) is 0 Å². The van der Waals surface area contributed by atoms with E-state index in [4.69, 9.17) is 21.4 Å². The topological polar surface area (TPSA) is 58.5 Å². The molecule has 1 aromatic rings. The smallest absolute Gasteiger partial charge is 0.135 e. The first-order valence-electron chi connectivity index (χ1n) is 6.15. The second-order valence-corrected chi connectivity index (χ2v) is 4.83. The number of aromatic nitrogens is 2. The Morgan fingerprint density at radius 2 is 2.22 bits per heavy atom. The lowest BCUT2D eigenvalue weighted by Gasteiger charge is -2.18. The molecule has 0 unspecified atom stereocenters. The van der Waals surface area contributed by atoms with Gasteiger partial charge in [0.1, 0.15) is 16.8 Å². The number of aliphatic hydroxyl groups excluding tert-OH is 1. The van der Waals surface area contributed by atoms with E-state index in [1.54, 1.807) is 6.07 Å². The molecule has 6 heteroatoms. The Bertz CT molecular complexity index is 399. The molecular formula is C12H18ClN3O2. The zero-order valence-electron chi connectivity index (χ0n) is 10.5. The molecule has 2 rings (SSSR count). The minimum absolute atomic E-state index is 0.0505. The molecule has 0 radical (unpaired) electrons. The first-order valence-corrected chi connectivity index (χ1v) is 6.52. The zero-order chi connectivity index (χ0) is 13.0. The van der Waals surface area contributed by atoms with Crippen LogP contribution in [0.4, 0.5) is 5.82 Å². The summed E-state index contributed by atoms with van der Waals surface area (Å²) < 4.78 is 5.23. The molecule has 18 heavy (non-hydrogen) atoms. The van der Waals surface area contributed by atoms with Crippen LogP contribution in [0.3, 0.4) is 0 Å². The second-order valence-electron chi connectivity index (χ2n) is 4.44. The number of nitrogens with zero attached hydrogens (tertiary/aromatic N) is 3. The summed E-state index contributed by atoms with van der Waals surface area (Å²) in [5.41, 5.74) is 0. The number of hydrogen-bond donors (Lipinski definition) is 1. The normalized spacial score (nSPS) is 14.8. The molecule has 1 N–H and O–H groups in total. The molecule has 0 aliphatic heterocycles. The van der Waals surface area contributed by atoms with E-state index in [0.29, 0.717) is 30.8 Å². The van der Waals surface area contributed by atoms with Gasteiger partial charge in [0.25, 0.3) is 0 Å². The highest BCUT2D eigenvalue weighted by atomic mass is 35.5. The third-order valence-electron chi connectivity index (χ3n) is 2.84. The van der Waals surface area contributed by atoms with Crippen LogP contribution in [-0.4, -0.2) is 48.5 Å². The minimum atomic E-state index is 0.0505. The summed E-state index contributed by atoms with van der Waals surface area (Å²) >= 11 is 6.01. The van der Waals surface area contributed by atoms with Crippen molar-refractivity contribution >= 4 is 17.4 Å². The molecule has 1 aromatic heterocycles. The van der Waals surface area contributed by atoms with Gasteiger partial charge in [0, 0.05) is 25.6 Å². The monoisotopic (exact) mass is 271 g/mol. The molecule has 100 valence electrons. The van der Waals surface area contributed by atoms with Crippen LogP contribution in [0.1, 0.15) is 24.6 Å². The van der Waals surface area contributed by atoms with E-state index in [1.807, 2.05) is 11.9 Å². The maximum atomic E-state index is 8.61. The van der Waals surface area contributed by atoms with Gasteiger partial charge in [-0.15, -0.1) is 0 Å². The van der Waals surface area contributed by atoms with E-state index in [0.717, 1.165) is 24.5 Å². The quantitative estimate of drug-likeness (QED) is 0.601. The Hall–Kier alpha value is -0.910. The highest BCUT2D eigenvalue weighted by Crippen LogP contribution is 2.38. The summed E-state index contributed by atoms with van der Waals surface area (Å²) in [6.45, 7) is 1.68. The number of ether oxygens (including phenoxy) is 1. The van der Waals surface area contributed by atoms with E-state index >= 15 is 0 Å². The van der Waals surface area contributed by atoms with E-state index in [-0.39, 0.29) is 6.61 Å². The summed E-state index contributed by atoms with van der Waals surface area (Å²) in [5.74, 6) is 2.16. The van der Waals surface area contributed by atoms with Crippen molar-refractivity contribution in [2.45, 2.75) is 18.8 Å². The summed E-state index contributed by atoms with van der Waals surface area (Å²) in [6, 6.07) is 1.76. The molecule has 1 fully saturated rings. The van der Waals surface area contributed by atoms with Crippen LogP contribution in [0.25, 0.3) is 0 Å². The lowest BCUT2D eigenvalue weighted by Crippen LogP contribution is -2.24. The Balaban J connectivity index is 1.94. The van der Waals surface area contributed by atoms with E-state index < -0.39 is 0 Å². The fraction of sp³-hybridized carbons (Fsp3) is 0.667. The van der Waals surface area contributed by atoms with E-state index in [2.05, 4.69) is 9.97 Å². The van der Waals surface area contributed by atoms with Crippen molar-refractivity contribution in [3.63, 3.8) is 0 Å². The average Bonchev–Trinajstić information content (AvgIpc) is 3.18. The second kappa shape index (κ2) is 6.31. The highest BCUT2D eigenvalue weighted by Gasteiger charge is 2.27. The Morgan fingerprint density at radius 3 is 2.89 bits per heavy atom. The van der Waals surface area contributed by atoms with Gasteiger partial charge in [-0.05, 0) is 12.8 Å². The number of halogens is 1. The lowest BCUT2D eigenvalue weighted by atomic mass is 10.4. The van der Waals surface area contributed by atoms with E-state index in [9.17, 15) is 0 Å².